The molecule has 3 rings (SSSR count). The van der Waals surface area contributed by atoms with Crippen LogP contribution in [0.15, 0.2) is 24.3 Å². The van der Waals surface area contributed by atoms with Gasteiger partial charge in [0.2, 0.25) is 0 Å². The fourth-order valence-electron chi connectivity index (χ4n) is 3.51. The Kier molecular flexibility index (Phi) is 2.67. The van der Waals surface area contributed by atoms with Crippen molar-refractivity contribution in [2.24, 2.45) is 0 Å². The molecule has 2 nitrogen and oxygen atoms in total. The molecule has 2 aliphatic rings. The lowest BCUT2D eigenvalue weighted by Gasteiger charge is -2.45. The highest BCUT2D eigenvalue weighted by Crippen LogP contribution is 2.44. The van der Waals surface area contributed by atoms with Gasteiger partial charge in [0, 0.05) is 23.2 Å². The summed E-state index contributed by atoms with van der Waals surface area (Å²) in [5.41, 5.74) is 3.63. The number of hydrogen-bond donors (Lipinski definition) is 1. The van der Waals surface area contributed by atoms with Gasteiger partial charge in [-0.25, -0.2) is 0 Å². The van der Waals surface area contributed by atoms with Crippen molar-refractivity contribution in [3.8, 4) is 0 Å². The standard InChI is InChI=1S/C16H24N2/c1-15(2,3)18-10-8-16(9-11-18)12-17-14-7-5-4-6-13(14)16/h4-7,17H,8-12H2,1-3H3. The summed E-state index contributed by atoms with van der Waals surface area (Å²) in [6.07, 6.45) is 2.57. The highest BCUT2D eigenvalue weighted by atomic mass is 15.2. The predicted octanol–water partition coefficient (Wildman–Crippen LogP) is 3.24. The van der Waals surface area contributed by atoms with Crippen LogP contribution in [0.4, 0.5) is 5.69 Å². The van der Waals surface area contributed by atoms with Crippen molar-refractivity contribution < 1.29 is 0 Å². The van der Waals surface area contributed by atoms with Crippen LogP contribution in [0.1, 0.15) is 39.2 Å². The molecule has 18 heavy (non-hydrogen) atoms. The molecule has 0 aliphatic carbocycles. The number of nitrogens with one attached hydrogen (secondary N) is 1. The molecule has 1 fully saturated rings. The van der Waals surface area contributed by atoms with Crippen molar-refractivity contribution in [1.82, 2.24) is 4.90 Å². The minimum absolute atomic E-state index is 0.313. The van der Waals surface area contributed by atoms with Crippen LogP contribution < -0.4 is 5.32 Å². The number of hydrogen-bond acceptors (Lipinski definition) is 2. The van der Waals surface area contributed by atoms with Gasteiger partial charge in [-0.15, -0.1) is 0 Å². The molecule has 98 valence electrons. The lowest BCUT2D eigenvalue weighted by Crippen LogP contribution is -2.50. The van der Waals surface area contributed by atoms with Crippen LogP contribution in [0.5, 0.6) is 0 Å². The van der Waals surface area contributed by atoms with Crippen molar-refractivity contribution >= 4 is 5.69 Å². The van der Waals surface area contributed by atoms with Crippen molar-refractivity contribution in [1.29, 1.82) is 0 Å². The lowest BCUT2D eigenvalue weighted by molar-refractivity contribution is 0.0796. The van der Waals surface area contributed by atoms with Crippen LogP contribution in [0.3, 0.4) is 0 Å². The van der Waals surface area contributed by atoms with E-state index < -0.39 is 0 Å². The number of rotatable bonds is 0. The first-order chi connectivity index (χ1) is 8.51. The van der Waals surface area contributed by atoms with Crippen LogP contribution in [0.25, 0.3) is 0 Å². The zero-order valence-electron chi connectivity index (χ0n) is 11.8. The smallest absolute Gasteiger partial charge is 0.0379 e. The Morgan fingerprint density at radius 2 is 1.78 bits per heavy atom. The number of nitrogens with zero attached hydrogens (tertiary/aromatic N) is 1. The van der Waals surface area contributed by atoms with Gasteiger partial charge in [-0.1, -0.05) is 18.2 Å². The van der Waals surface area contributed by atoms with Gasteiger partial charge in [0.05, 0.1) is 0 Å². The monoisotopic (exact) mass is 244 g/mol. The number of fused-ring (bicyclic) bond motifs is 2. The molecule has 1 aromatic rings. The minimum atomic E-state index is 0.313. The molecule has 1 aromatic carbocycles. The quantitative estimate of drug-likeness (QED) is 0.753. The van der Waals surface area contributed by atoms with Crippen molar-refractivity contribution in [3.05, 3.63) is 29.8 Å². The molecule has 0 aromatic heterocycles. The summed E-state index contributed by atoms with van der Waals surface area (Å²) in [4.78, 5) is 2.62. The van der Waals surface area contributed by atoms with E-state index in [-0.39, 0.29) is 0 Å². The predicted molar refractivity (Wildman–Crippen MR) is 77.2 cm³/mol. The molecule has 0 atom stereocenters. The highest BCUT2D eigenvalue weighted by Gasteiger charge is 2.42. The average Bonchev–Trinajstić information content (AvgIpc) is 2.69. The number of benzene rings is 1. The summed E-state index contributed by atoms with van der Waals surface area (Å²) in [5.74, 6) is 0. The number of para-hydroxylation sites is 1. The van der Waals surface area contributed by atoms with Crippen LogP contribution in [0.2, 0.25) is 0 Å². The molecule has 1 saturated heterocycles. The van der Waals surface area contributed by atoms with Crippen molar-refractivity contribution in [3.63, 3.8) is 0 Å². The van der Waals surface area contributed by atoms with E-state index in [1.165, 1.54) is 31.6 Å². The average molecular weight is 244 g/mol. The Hall–Kier alpha value is -1.02. The molecule has 1 spiro atoms. The van der Waals surface area contributed by atoms with Gasteiger partial charge in [-0.2, -0.15) is 0 Å². The summed E-state index contributed by atoms with van der Waals surface area (Å²) in [5, 5.41) is 3.60. The van der Waals surface area contributed by atoms with Crippen LogP contribution >= 0.6 is 0 Å². The van der Waals surface area contributed by atoms with Crippen LogP contribution in [0, 0.1) is 0 Å². The maximum absolute atomic E-state index is 3.60. The second-order valence-corrected chi connectivity index (χ2v) is 6.84. The lowest BCUT2D eigenvalue weighted by atomic mass is 9.73. The summed E-state index contributed by atoms with van der Waals surface area (Å²) < 4.78 is 0. The van der Waals surface area contributed by atoms with E-state index in [9.17, 15) is 0 Å². The minimum Gasteiger partial charge on any atom is -0.384 e. The molecule has 0 bridgehead atoms. The molecule has 2 heteroatoms. The maximum atomic E-state index is 3.60. The van der Waals surface area contributed by atoms with Gasteiger partial charge in [0.25, 0.3) is 0 Å². The fraction of sp³-hybridized carbons (Fsp3) is 0.625. The third kappa shape index (κ3) is 1.83. The van der Waals surface area contributed by atoms with E-state index in [0.29, 0.717) is 11.0 Å². The SMILES string of the molecule is CC(C)(C)N1CCC2(CC1)CNc1ccccc12. The molecule has 0 unspecified atom stereocenters. The maximum Gasteiger partial charge on any atom is 0.0379 e. The Morgan fingerprint density at radius 1 is 1.11 bits per heavy atom. The summed E-state index contributed by atoms with van der Waals surface area (Å²) in [6, 6.07) is 8.86. The summed E-state index contributed by atoms with van der Waals surface area (Å²) in [6.45, 7) is 10.5. The molecule has 0 amide bonds. The molecule has 0 saturated carbocycles. The largest absolute Gasteiger partial charge is 0.384 e. The Labute approximate surface area is 110 Å². The first kappa shape index (κ1) is 12.0. The molecule has 2 heterocycles. The van der Waals surface area contributed by atoms with E-state index in [1.807, 2.05) is 0 Å². The number of piperidine rings is 1. The third-order valence-electron chi connectivity index (χ3n) is 4.78. The van der Waals surface area contributed by atoms with E-state index in [4.69, 9.17) is 0 Å². The first-order valence-electron chi connectivity index (χ1n) is 7.10. The molecule has 2 aliphatic heterocycles. The normalized spacial score (nSPS) is 22.8. The first-order valence-corrected chi connectivity index (χ1v) is 7.10. The topological polar surface area (TPSA) is 15.3 Å². The Balaban J connectivity index is 1.81. The molecular weight excluding hydrogens is 220 g/mol. The van der Waals surface area contributed by atoms with Crippen LogP contribution in [-0.2, 0) is 5.41 Å². The van der Waals surface area contributed by atoms with Gasteiger partial charge in [0.15, 0.2) is 0 Å². The van der Waals surface area contributed by atoms with E-state index >= 15 is 0 Å². The Bertz CT molecular complexity index is 437. The summed E-state index contributed by atoms with van der Waals surface area (Å²) in [7, 11) is 0. The number of likely N-dealkylation sites (tertiary alicyclic amines) is 1. The Morgan fingerprint density at radius 3 is 2.44 bits per heavy atom. The van der Waals surface area contributed by atoms with E-state index in [0.717, 1.165) is 6.54 Å². The fourth-order valence-corrected chi connectivity index (χ4v) is 3.51. The second kappa shape index (κ2) is 3.99. The molecular formula is C16H24N2. The van der Waals surface area contributed by atoms with Gasteiger partial charge < -0.3 is 5.32 Å². The highest BCUT2D eigenvalue weighted by molar-refractivity contribution is 5.60. The molecule has 0 radical (unpaired) electrons. The van der Waals surface area contributed by atoms with Gasteiger partial charge in [-0.05, 0) is 58.3 Å². The van der Waals surface area contributed by atoms with Crippen molar-refractivity contribution in [2.75, 3.05) is 25.0 Å². The van der Waals surface area contributed by atoms with Crippen LogP contribution in [-0.4, -0.2) is 30.1 Å². The van der Waals surface area contributed by atoms with Gasteiger partial charge in [0.1, 0.15) is 0 Å². The molecule has 1 N–H and O–H groups in total. The second-order valence-electron chi connectivity index (χ2n) is 6.84. The number of anilines is 1. The van der Waals surface area contributed by atoms with E-state index in [1.54, 1.807) is 5.56 Å². The zero-order chi connectivity index (χ0) is 12.8. The third-order valence-corrected chi connectivity index (χ3v) is 4.78. The van der Waals surface area contributed by atoms with Crippen molar-refractivity contribution in [2.45, 2.75) is 44.6 Å². The van der Waals surface area contributed by atoms with E-state index in [2.05, 4.69) is 55.3 Å². The van der Waals surface area contributed by atoms with Gasteiger partial charge >= 0.3 is 0 Å². The zero-order valence-corrected chi connectivity index (χ0v) is 11.8. The van der Waals surface area contributed by atoms with Gasteiger partial charge in [-0.3, -0.25) is 4.90 Å². The summed E-state index contributed by atoms with van der Waals surface area (Å²) >= 11 is 0.